The van der Waals surface area contributed by atoms with E-state index in [2.05, 4.69) is 46.4 Å². The molecule has 4 heterocycles. The summed E-state index contributed by atoms with van der Waals surface area (Å²) in [5, 5.41) is 4.25. The molecular formula is C22H21N3OS2. The summed E-state index contributed by atoms with van der Waals surface area (Å²) in [6.07, 6.45) is 1.99. The maximum absolute atomic E-state index is 13.1. The second kappa shape index (κ2) is 7.18. The van der Waals surface area contributed by atoms with Crippen LogP contribution in [-0.4, -0.2) is 33.9 Å². The first kappa shape index (κ1) is 17.6. The van der Waals surface area contributed by atoms with Gasteiger partial charge in [-0.3, -0.25) is 4.79 Å². The Labute approximate surface area is 171 Å². The number of fused-ring (bicyclic) bond motifs is 1. The van der Waals surface area contributed by atoms with E-state index in [-0.39, 0.29) is 5.91 Å². The van der Waals surface area contributed by atoms with Gasteiger partial charge in [0.05, 0.1) is 10.6 Å². The van der Waals surface area contributed by atoms with Gasteiger partial charge in [-0.25, -0.2) is 4.98 Å². The Hall–Kier alpha value is -2.44. The quantitative estimate of drug-likeness (QED) is 0.475. The third-order valence-electron chi connectivity index (χ3n) is 5.50. The van der Waals surface area contributed by atoms with E-state index in [1.807, 2.05) is 23.3 Å². The zero-order chi connectivity index (χ0) is 19.1. The molecule has 3 aromatic heterocycles. The summed E-state index contributed by atoms with van der Waals surface area (Å²) in [4.78, 5) is 25.2. The number of rotatable bonds is 3. The molecule has 5 rings (SSSR count). The van der Waals surface area contributed by atoms with Gasteiger partial charge in [0.25, 0.3) is 5.91 Å². The van der Waals surface area contributed by atoms with Crippen molar-refractivity contribution in [2.45, 2.75) is 25.7 Å². The first-order valence-corrected chi connectivity index (χ1v) is 11.3. The molecule has 28 heavy (non-hydrogen) atoms. The van der Waals surface area contributed by atoms with Crippen LogP contribution in [0.3, 0.4) is 0 Å². The number of thiazole rings is 1. The predicted octanol–water partition coefficient (Wildman–Crippen LogP) is 5.68. The van der Waals surface area contributed by atoms with Crippen LogP contribution in [0.5, 0.6) is 0 Å². The first-order valence-electron chi connectivity index (χ1n) is 9.57. The lowest BCUT2D eigenvalue weighted by molar-refractivity contribution is 0.0716. The number of H-pyrrole nitrogens is 1. The van der Waals surface area contributed by atoms with Crippen LogP contribution in [0.4, 0.5) is 0 Å². The molecule has 0 aliphatic carbocycles. The summed E-state index contributed by atoms with van der Waals surface area (Å²) in [7, 11) is 0. The fraction of sp³-hybridized carbons (Fsp3) is 0.273. The van der Waals surface area contributed by atoms with Crippen molar-refractivity contribution in [3.63, 3.8) is 0 Å². The topological polar surface area (TPSA) is 49.0 Å². The average molecular weight is 408 g/mol. The highest BCUT2D eigenvalue weighted by Crippen LogP contribution is 2.34. The molecule has 1 amide bonds. The number of hydrogen-bond donors (Lipinski definition) is 1. The van der Waals surface area contributed by atoms with Gasteiger partial charge in [0.1, 0.15) is 9.88 Å². The summed E-state index contributed by atoms with van der Waals surface area (Å²) < 4.78 is 0. The number of carbonyl (C=O) groups excluding carboxylic acids is 1. The van der Waals surface area contributed by atoms with Gasteiger partial charge in [-0.2, -0.15) is 0 Å². The third kappa shape index (κ3) is 3.16. The molecule has 0 atom stereocenters. The number of thiophene rings is 1. The Morgan fingerprint density at radius 3 is 2.75 bits per heavy atom. The van der Waals surface area contributed by atoms with Crippen molar-refractivity contribution in [3.05, 3.63) is 64.1 Å². The molecule has 4 nitrogen and oxygen atoms in total. The molecule has 1 saturated heterocycles. The highest BCUT2D eigenvalue weighted by molar-refractivity contribution is 7.22. The number of aryl methyl sites for hydroxylation is 1. The molecule has 0 bridgehead atoms. The van der Waals surface area contributed by atoms with E-state index in [9.17, 15) is 4.79 Å². The van der Waals surface area contributed by atoms with E-state index in [4.69, 9.17) is 0 Å². The fourth-order valence-electron chi connectivity index (χ4n) is 3.95. The van der Waals surface area contributed by atoms with Crippen molar-refractivity contribution in [2.24, 2.45) is 0 Å². The van der Waals surface area contributed by atoms with Gasteiger partial charge in [0, 0.05) is 30.2 Å². The predicted molar refractivity (Wildman–Crippen MR) is 116 cm³/mol. The molecule has 1 fully saturated rings. The van der Waals surface area contributed by atoms with Gasteiger partial charge in [-0.1, -0.05) is 24.3 Å². The van der Waals surface area contributed by atoms with E-state index < -0.39 is 0 Å². The molecule has 0 radical (unpaired) electrons. The fourth-order valence-corrected chi connectivity index (χ4v) is 5.78. The maximum atomic E-state index is 13.1. The third-order valence-corrected chi connectivity index (χ3v) is 7.68. The summed E-state index contributed by atoms with van der Waals surface area (Å²) >= 11 is 3.19. The second-order valence-electron chi connectivity index (χ2n) is 7.29. The molecule has 6 heteroatoms. The molecule has 0 unspecified atom stereocenters. The van der Waals surface area contributed by atoms with Crippen LogP contribution in [0.2, 0.25) is 0 Å². The largest absolute Gasteiger partial charge is 0.358 e. The van der Waals surface area contributed by atoms with E-state index in [1.165, 1.54) is 27.9 Å². The van der Waals surface area contributed by atoms with Crippen molar-refractivity contribution in [1.29, 1.82) is 0 Å². The minimum Gasteiger partial charge on any atom is -0.358 e. The Balaban J connectivity index is 1.29. The number of hydrogen-bond acceptors (Lipinski definition) is 4. The van der Waals surface area contributed by atoms with Gasteiger partial charge < -0.3 is 9.88 Å². The Bertz CT molecular complexity index is 1090. The van der Waals surface area contributed by atoms with Crippen LogP contribution in [0.25, 0.3) is 20.8 Å². The normalized spacial score (nSPS) is 15.4. The minimum atomic E-state index is 0.132. The highest BCUT2D eigenvalue weighted by Gasteiger charge is 2.28. The van der Waals surface area contributed by atoms with Gasteiger partial charge in [-0.05, 0) is 48.7 Å². The monoisotopic (exact) mass is 407 g/mol. The number of piperidine rings is 1. The van der Waals surface area contributed by atoms with E-state index >= 15 is 0 Å². The molecular weight excluding hydrogens is 386 g/mol. The molecule has 0 spiro atoms. The zero-order valence-corrected chi connectivity index (χ0v) is 17.3. The van der Waals surface area contributed by atoms with E-state index in [0.717, 1.165) is 46.4 Å². The number of likely N-dealkylation sites (tertiary alicyclic amines) is 1. The molecule has 1 aromatic carbocycles. The summed E-state index contributed by atoms with van der Waals surface area (Å²) in [5.74, 6) is 0.619. The molecule has 1 aliphatic rings. The van der Waals surface area contributed by atoms with Crippen molar-refractivity contribution in [1.82, 2.24) is 14.9 Å². The van der Waals surface area contributed by atoms with Crippen molar-refractivity contribution < 1.29 is 4.79 Å². The number of benzene rings is 1. The van der Waals surface area contributed by atoms with E-state index in [0.29, 0.717) is 5.92 Å². The lowest BCUT2D eigenvalue weighted by Crippen LogP contribution is -2.37. The Morgan fingerprint density at radius 2 is 2.00 bits per heavy atom. The smallest absolute Gasteiger partial charge is 0.265 e. The van der Waals surface area contributed by atoms with Gasteiger partial charge in [0.15, 0.2) is 0 Å². The van der Waals surface area contributed by atoms with Gasteiger partial charge in [0.2, 0.25) is 0 Å². The lowest BCUT2D eigenvalue weighted by atomic mass is 9.93. The summed E-state index contributed by atoms with van der Waals surface area (Å²) in [6, 6.07) is 14.7. The average Bonchev–Trinajstić information content (AvgIpc) is 3.46. The molecule has 4 aromatic rings. The van der Waals surface area contributed by atoms with Crippen LogP contribution in [0.15, 0.2) is 47.8 Å². The molecule has 0 saturated carbocycles. The van der Waals surface area contributed by atoms with Crippen LogP contribution in [0, 0.1) is 6.92 Å². The van der Waals surface area contributed by atoms with Gasteiger partial charge >= 0.3 is 0 Å². The number of nitrogens with zero attached hydrogens (tertiary/aromatic N) is 2. The number of aromatic amines is 1. The maximum Gasteiger partial charge on any atom is 0.265 e. The van der Waals surface area contributed by atoms with Crippen molar-refractivity contribution in [2.75, 3.05) is 13.1 Å². The number of carbonyl (C=O) groups is 1. The van der Waals surface area contributed by atoms with Crippen LogP contribution < -0.4 is 0 Å². The van der Waals surface area contributed by atoms with Gasteiger partial charge in [-0.15, -0.1) is 22.7 Å². The standard InChI is InChI=1S/C22H21N3OS2/c1-14-20(28-21(23-14)19-7-4-12-27-19)22(26)25-10-8-15(9-11-25)18-13-16-5-2-3-6-17(16)24-18/h2-7,12-13,15,24H,8-11H2,1H3. The van der Waals surface area contributed by atoms with Crippen LogP contribution >= 0.6 is 22.7 Å². The second-order valence-corrected chi connectivity index (χ2v) is 9.24. The SMILES string of the molecule is Cc1nc(-c2cccs2)sc1C(=O)N1CCC(c2cc3ccccc3[nH]2)CC1. The van der Waals surface area contributed by atoms with Crippen LogP contribution in [0.1, 0.15) is 39.8 Å². The van der Waals surface area contributed by atoms with Crippen LogP contribution in [-0.2, 0) is 0 Å². The van der Waals surface area contributed by atoms with Crippen molar-refractivity contribution in [3.8, 4) is 9.88 Å². The minimum absolute atomic E-state index is 0.132. The molecule has 1 N–H and O–H groups in total. The molecule has 142 valence electrons. The van der Waals surface area contributed by atoms with E-state index in [1.54, 1.807) is 11.3 Å². The summed E-state index contributed by atoms with van der Waals surface area (Å²) in [5.41, 5.74) is 3.33. The number of aromatic nitrogens is 2. The lowest BCUT2D eigenvalue weighted by Gasteiger charge is -2.31. The first-order chi connectivity index (χ1) is 13.7. The number of nitrogens with one attached hydrogen (secondary N) is 1. The number of para-hydroxylation sites is 1. The summed E-state index contributed by atoms with van der Waals surface area (Å²) in [6.45, 7) is 3.53. The highest BCUT2D eigenvalue weighted by atomic mass is 32.1. The Kier molecular flexibility index (Phi) is 4.53. The van der Waals surface area contributed by atoms with Crippen molar-refractivity contribution >= 4 is 39.5 Å². The zero-order valence-electron chi connectivity index (χ0n) is 15.6. The number of amides is 1. The molecule has 1 aliphatic heterocycles. The Morgan fingerprint density at radius 1 is 1.18 bits per heavy atom.